The van der Waals surface area contributed by atoms with Gasteiger partial charge in [0.1, 0.15) is 12.1 Å². The van der Waals surface area contributed by atoms with Gasteiger partial charge >= 0.3 is 0 Å². The number of aromatic nitrogens is 3. The summed E-state index contributed by atoms with van der Waals surface area (Å²) in [7, 11) is 0. The fourth-order valence-corrected chi connectivity index (χ4v) is 3.58. The predicted octanol–water partition coefficient (Wildman–Crippen LogP) is 4.03. The predicted molar refractivity (Wildman–Crippen MR) is 105 cm³/mol. The summed E-state index contributed by atoms with van der Waals surface area (Å²) in [5, 5.41) is 3.89. The highest BCUT2D eigenvalue weighted by Gasteiger charge is 2.16. The molecular formula is C19H18BrN5O. The first kappa shape index (κ1) is 16.9. The average Bonchev–Trinajstić information content (AvgIpc) is 2.68. The Balaban J connectivity index is 1.65. The Kier molecular flexibility index (Phi) is 4.79. The van der Waals surface area contributed by atoms with Crippen LogP contribution < -0.4 is 10.2 Å². The maximum absolute atomic E-state index is 12.5. The fourth-order valence-electron chi connectivity index (χ4n) is 3.22. The van der Waals surface area contributed by atoms with E-state index in [1.54, 1.807) is 24.8 Å². The maximum atomic E-state index is 12.5. The molecule has 0 aliphatic carbocycles. The van der Waals surface area contributed by atoms with Crippen molar-refractivity contribution < 1.29 is 4.79 Å². The van der Waals surface area contributed by atoms with Gasteiger partial charge in [0.05, 0.1) is 11.1 Å². The Hall–Kier alpha value is -2.54. The van der Waals surface area contributed by atoms with Crippen LogP contribution in [0.2, 0.25) is 0 Å². The molecule has 0 atom stereocenters. The summed E-state index contributed by atoms with van der Waals surface area (Å²) in [5.74, 6) is 0.740. The lowest BCUT2D eigenvalue weighted by atomic mass is 10.1. The lowest BCUT2D eigenvalue weighted by Crippen LogP contribution is -2.30. The smallest absolute Gasteiger partial charge is 0.257 e. The van der Waals surface area contributed by atoms with Crippen LogP contribution in [0.4, 0.5) is 11.5 Å². The van der Waals surface area contributed by atoms with E-state index in [0.29, 0.717) is 5.56 Å². The largest absolute Gasteiger partial charge is 0.356 e. The van der Waals surface area contributed by atoms with Gasteiger partial charge < -0.3 is 10.2 Å². The molecule has 1 aliphatic heterocycles. The molecule has 7 heteroatoms. The number of nitrogens with one attached hydrogen (secondary N) is 1. The van der Waals surface area contributed by atoms with Gasteiger partial charge in [-0.2, -0.15) is 0 Å². The first-order valence-electron chi connectivity index (χ1n) is 8.62. The van der Waals surface area contributed by atoms with Gasteiger partial charge in [0.15, 0.2) is 0 Å². The molecule has 2 aromatic heterocycles. The van der Waals surface area contributed by atoms with Crippen LogP contribution in [0, 0.1) is 0 Å². The van der Waals surface area contributed by atoms with Crippen molar-refractivity contribution in [2.75, 3.05) is 23.3 Å². The van der Waals surface area contributed by atoms with Crippen molar-refractivity contribution in [3.63, 3.8) is 0 Å². The maximum Gasteiger partial charge on any atom is 0.257 e. The minimum absolute atomic E-state index is 0.200. The number of hydrogen-bond donors (Lipinski definition) is 1. The number of pyridine rings is 1. The van der Waals surface area contributed by atoms with E-state index in [1.807, 2.05) is 18.2 Å². The molecular weight excluding hydrogens is 394 g/mol. The summed E-state index contributed by atoms with van der Waals surface area (Å²) in [6, 6.07) is 7.46. The molecule has 1 aromatic carbocycles. The third-order valence-electron chi connectivity index (χ3n) is 4.49. The van der Waals surface area contributed by atoms with Crippen LogP contribution in [0.25, 0.3) is 10.9 Å². The molecule has 1 amide bonds. The zero-order valence-electron chi connectivity index (χ0n) is 14.2. The Bertz CT molecular complexity index is 956. The minimum atomic E-state index is -0.200. The van der Waals surface area contributed by atoms with Crippen LogP contribution in [-0.2, 0) is 0 Å². The topological polar surface area (TPSA) is 71.0 Å². The summed E-state index contributed by atoms with van der Waals surface area (Å²) in [5.41, 5.74) is 2.10. The first-order valence-corrected chi connectivity index (χ1v) is 9.41. The van der Waals surface area contributed by atoms with Crippen LogP contribution in [0.5, 0.6) is 0 Å². The molecule has 0 radical (unpaired) electrons. The van der Waals surface area contributed by atoms with E-state index in [0.717, 1.165) is 40.0 Å². The fraction of sp³-hybridized carbons (Fsp3) is 0.263. The van der Waals surface area contributed by atoms with Crippen molar-refractivity contribution in [3.8, 4) is 0 Å². The van der Waals surface area contributed by atoms with Gasteiger partial charge in [-0.3, -0.25) is 9.78 Å². The van der Waals surface area contributed by atoms with Crippen LogP contribution in [0.15, 0.2) is 47.5 Å². The van der Waals surface area contributed by atoms with Crippen molar-refractivity contribution in [1.29, 1.82) is 0 Å². The Morgan fingerprint density at radius 1 is 1.08 bits per heavy atom. The molecule has 6 nitrogen and oxygen atoms in total. The summed E-state index contributed by atoms with van der Waals surface area (Å²) >= 11 is 3.34. The number of benzene rings is 1. The van der Waals surface area contributed by atoms with Crippen molar-refractivity contribution in [2.45, 2.75) is 19.3 Å². The zero-order valence-corrected chi connectivity index (χ0v) is 15.7. The lowest BCUT2D eigenvalue weighted by molar-refractivity contribution is 0.102. The second-order valence-corrected chi connectivity index (χ2v) is 7.24. The molecule has 26 heavy (non-hydrogen) atoms. The quantitative estimate of drug-likeness (QED) is 0.704. The number of piperidine rings is 1. The highest BCUT2D eigenvalue weighted by molar-refractivity contribution is 9.10. The van der Waals surface area contributed by atoms with Crippen LogP contribution in [0.3, 0.4) is 0 Å². The normalized spacial score (nSPS) is 14.4. The second-order valence-electron chi connectivity index (χ2n) is 6.32. The van der Waals surface area contributed by atoms with Crippen molar-refractivity contribution in [1.82, 2.24) is 15.0 Å². The van der Waals surface area contributed by atoms with E-state index in [-0.39, 0.29) is 5.91 Å². The van der Waals surface area contributed by atoms with Gasteiger partial charge in [-0.1, -0.05) is 0 Å². The van der Waals surface area contributed by atoms with Crippen molar-refractivity contribution in [2.24, 2.45) is 0 Å². The average molecular weight is 412 g/mol. The number of nitrogens with zero attached hydrogens (tertiary/aromatic N) is 4. The van der Waals surface area contributed by atoms with Crippen LogP contribution >= 0.6 is 15.9 Å². The number of hydrogen-bond acceptors (Lipinski definition) is 5. The number of anilines is 2. The van der Waals surface area contributed by atoms with E-state index in [4.69, 9.17) is 0 Å². The molecule has 0 spiro atoms. The SMILES string of the molecule is O=C(Nc1ccc2ncnc(N3CCCCC3)c2c1)c1cncc(Br)c1. The zero-order chi connectivity index (χ0) is 17.9. The standard InChI is InChI=1S/C19H18BrN5O/c20-14-8-13(10-21-11-14)19(26)24-15-4-5-17-16(9-15)18(23-12-22-17)25-6-2-1-3-7-25/h4-5,8-12H,1-3,6-7H2,(H,24,26). The summed E-state index contributed by atoms with van der Waals surface area (Å²) in [4.78, 5) is 27.7. The summed E-state index contributed by atoms with van der Waals surface area (Å²) < 4.78 is 0.768. The second kappa shape index (κ2) is 7.37. The summed E-state index contributed by atoms with van der Waals surface area (Å²) in [6.07, 6.45) is 8.42. The van der Waals surface area contributed by atoms with Crippen LogP contribution in [-0.4, -0.2) is 33.9 Å². The highest BCUT2D eigenvalue weighted by Crippen LogP contribution is 2.28. The van der Waals surface area contributed by atoms with E-state index < -0.39 is 0 Å². The Morgan fingerprint density at radius 3 is 2.73 bits per heavy atom. The van der Waals surface area contributed by atoms with Gasteiger partial charge in [-0.15, -0.1) is 0 Å². The molecule has 4 rings (SSSR count). The van der Waals surface area contributed by atoms with Crippen LogP contribution in [0.1, 0.15) is 29.6 Å². The minimum Gasteiger partial charge on any atom is -0.356 e. The Labute approximate surface area is 159 Å². The highest BCUT2D eigenvalue weighted by atomic mass is 79.9. The van der Waals surface area contributed by atoms with E-state index in [9.17, 15) is 4.79 Å². The van der Waals surface area contributed by atoms with Gasteiger partial charge in [0.2, 0.25) is 0 Å². The molecule has 0 saturated carbocycles. The van der Waals surface area contributed by atoms with E-state index in [2.05, 4.69) is 41.1 Å². The third-order valence-corrected chi connectivity index (χ3v) is 4.93. The number of carbonyl (C=O) groups excluding carboxylic acids is 1. The molecule has 1 N–H and O–H groups in total. The molecule has 0 bridgehead atoms. The molecule has 0 unspecified atom stereocenters. The summed E-state index contributed by atoms with van der Waals surface area (Å²) in [6.45, 7) is 2.01. The monoisotopic (exact) mass is 411 g/mol. The third kappa shape index (κ3) is 3.53. The molecule has 1 saturated heterocycles. The van der Waals surface area contributed by atoms with E-state index >= 15 is 0 Å². The van der Waals surface area contributed by atoms with Crippen molar-refractivity contribution in [3.05, 3.63) is 53.0 Å². The molecule has 3 aromatic rings. The molecule has 1 aliphatic rings. The van der Waals surface area contributed by atoms with Gasteiger partial charge in [-0.05, 0) is 59.5 Å². The number of carbonyl (C=O) groups is 1. The first-order chi connectivity index (χ1) is 12.7. The molecule has 132 valence electrons. The Morgan fingerprint density at radius 2 is 1.92 bits per heavy atom. The number of halogens is 1. The number of amides is 1. The van der Waals surface area contributed by atoms with Gasteiger partial charge in [0, 0.05) is 41.0 Å². The van der Waals surface area contributed by atoms with Gasteiger partial charge in [0.25, 0.3) is 5.91 Å². The van der Waals surface area contributed by atoms with Gasteiger partial charge in [-0.25, -0.2) is 9.97 Å². The number of rotatable bonds is 3. The van der Waals surface area contributed by atoms with E-state index in [1.165, 1.54) is 19.3 Å². The molecule has 1 fully saturated rings. The van der Waals surface area contributed by atoms with Crippen molar-refractivity contribution >= 4 is 44.2 Å². The molecule has 3 heterocycles. The lowest BCUT2D eigenvalue weighted by Gasteiger charge is -2.28. The number of fused-ring (bicyclic) bond motifs is 1.